The molecule has 0 saturated heterocycles. The van der Waals surface area contributed by atoms with E-state index in [9.17, 15) is 4.79 Å². The molecule has 0 bridgehead atoms. The smallest absolute Gasteiger partial charge is 0.258 e. The van der Waals surface area contributed by atoms with E-state index in [0.717, 1.165) is 46.2 Å². The second-order valence-electron chi connectivity index (χ2n) is 7.01. The van der Waals surface area contributed by atoms with Crippen LogP contribution >= 0.6 is 11.3 Å². The monoisotopic (exact) mass is 364 g/mol. The number of aromatic nitrogens is 2. The molecule has 6 heteroatoms. The summed E-state index contributed by atoms with van der Waals surface area (Å²) in [6, 6.07) is 10.3. The lowest BCUT2D eigenvalue weighted by Crippen LogP contribution is -2.44. The Bertz CT molecular complexity index is 987. The lowest BCUT2D eigenvalue weighted by atomic mass is 10.0. The number of aryl methyl sites for hydroxylation is 1. The van der Waals surface area contributed by atoms with Crippen LogP contribution in [0.1, 0.15) is 46.3 Å². The van der Waals surface area contributed by atoms with Gasteiger partial charge in [-0.2, -0.15) is 0 Å². The molecule has 1 atom stereocenters. The maximum Gasteiger partial charge on any atom is 0.258 e. The van der Waals surface area contributed by atoms with Crippen molar-refractivity contribution in [3.05, 3.63) is 64.4 Å². The van der Waals surface area contributed by atoms with E-state index >= 15 is 0 Å². The van der Waals surface area contributed by atoms with Crippen molar-refractivity contribution in [1.29, 1.82) is 0 Å². The van der Waals surface area contributed by atoms with E-state index in [1.165, 1.54) is 0 Å². The molecule has 1 fully saturated rings. The molecule has 1 N–H and O–H groups in total. The van der Waals surface area contributed by atoms with Crippen LogP contribution in [0, 0.1) is 13.8 Å². The summed E-state index contributed by atoms with van der Waals surface area (Å²) in [7, 11) is 0. The summed E-state index contributed by atoms with van der Waals surface area (Å²) >= 11 is 1.62. The third-order valence-electron chi connectivity index (χ3n) is 5.28. The Balaban J connectivity index is 1.63. The molecule has 0 spiro atoms. The fourth-order valence-corrected chi connectivity index (χ4v) is 4.66. The number of thiazole rings is 1. The average molecular weight is 364 g/mol. The molecule has 1 aliphatic carbocycles. The highest BCUT2D eigenvalue weighted by Crippen LogP contribution is 2.42. The van der Waals surface area contributed by atoms with Crippen molar-refractivity contribution in [2.24, 2.45) is 0 Å². The summed E-state index contributed by atoms with van der Waals surface area (Å²) in [5, 5.41) is 6.57. The van der Waals surface area contributed by atoms with Crippen molar-refractivity contribution in [2.75, 3.05) is 5.32 Å². The second-order valence-corrected chi connectivity index (χ2v) is 7.89. The summed E-state index contributed by atoms with van der Waals surface area (Å²) in [6.07, 6.45) is 3.85. The summed E-state index contributed by atoms with van der Waals surface area (Å²) in [6.45, 7) is 4.21. The van der Waals surface area contributed by atoms with Gasteiger partial charge in [0.2, 0.25) is 0 Å². The molecule has 5 nitrogen and oxygen atoms in total. The SMILES string of the molecule is Cc1cc([C@H]2Nc3ccccc3C(=O)N2C2CC2)c(C)n1-c1nccs1. The maximum absolute atomic E-state index is 13.2. The minimum atomic E-state index is -0.134. The fraction of sp³-hybridized carbons (Fsp3) is 0.300. The summed E-state index contributed by atoms with van der Waals surface area (Å²) < 4.78 is 2.18. The highest BCUT2D eigenvalue weighted by molar-refractivity contribution is 7.12. The van der Waals surface area contributed by atoms with Gasteiger partial charge in [-0.05, 0) is 44.9 Å². The predicted molar refractivity (Wildman–Crippen MR) is 103 cm³/mol. The minimum absolute atomic E-state index is 0.130. The number of rotatable bonds is 3. The third kappa shape index (κ3) is 2.29. The summed E-state index contributed by atoms with van der Waals surface area (Å²) in [5.41, 5.74) is 5.10. The van der Waals surface area contributed by atoms with Crippen molar-refractivity contribution in [3.8, 4) is 5.13 Å². The number of fused-ring (bicyclic) bond motifs is 1. The minimum Gasteiger partial charge on any atom is -0.361 e. The average Bonchev–Trinajstić information content (AvgIpc) is 3.24. The zero-order valence-electron chi connectivity index (χ0n) is 14.8. The number of anilines is 1. The molecule has 1 aliphatic heterocycles. The number of hydrogen-bond acceptors (Lipinski definition) is 4. The molecule has 2 aliphatic rings. The van der Waals surface area contributed by atoms with E-state index in [1.54, 1.807) is 11.3 Å². The van der Waals surface area contributed by atoms with E-state index in [1.807, 2.05) is 40.7 Å². The largest absolute Gasteiger partial charge is 0.361 e. The molecule has 0 unspecified atom stereocenters. The molecule has 2 aromatic heterocycles. The maximum atomic E-state index is 13.2. The Hall–Kier alpha value is -2.60. The Morgan fingerprint density at radius 1 is 1.23 bits per heavy atom. The molecule has 26 heavy (non-hydrogen) atoms. The van der Waals surface area contributed by atoms with Crippen molar-refractivity contribution in [2.45, 2.75) is 38.9 Å². The molecule has 5 rings (SSSR count). The molecule has 1 amide bonds. The van der Waals surface area contributed by atoms with Crippen LogP contribution in [-0.4, -0.2) is 26.4 Å². The molecule has 3 heterocycles. The van der Waals surface area contributed by atoms with Gasteiger partial charge in [0.1, 0.15) is 6.17 Å². The van der Waals surface area contributed by atoms with Crippen LogP contribution in [-0.2, 0) is 0 Å². The summed E-state index contributed by atoms with van der Waals surface area (Å²) in [4.78, 5) is 19.7. The van der Waals surface area contributed by atoms with Gasteiger partial charge < -0.3 is 10.2 Å². The van der Waals surface area contributed by atoms with Crippen LogP contribution in [0.3, 0.4) is 0 Å². The molecule has 3 aromatic rings. The first-order valence-corrected chi connectivity index (χ1v) is 9.80. The molecule has 1 aromatic carbocycles. The first-order valence-electron chi connectivity index (χ1n) is 8.92. The number of carbonyl (C=O) groups is 1. The number of amides is 1. The van der Waals surface area contributed by atoms with Gasteiger partial charge >= 0.3 is 0 Å². The van der Waals surface area contributed by atoms with Gasteiger partial charge in [-0.15, -0.1) is 11.3 Å². The number of nitrogens with zero attached hydrogens (tertiary/aromatic N) is 3. The van der Waals surface area contributed by atoms with E-state index in [0.29, 0.717) is 6.04 Å². The highest BCUT2D eigenvalue weighted by Gasteiger charge is 2.43. The fourth-order valence-electron chi connectivity index (χ4n) is 3.91. The van der Waals surface area contributed by atoms with Gasteiger partial charge in [-0.1, -0.05) is 12.1 Å². The van der Waals surface area contributed by atoms with Crippen LogP contribution in [0.2, 0.25) is 0 Å². The number of para-hydroxylation sites is 1. The quantitative estimate of drug-likeness (QED) is 0.755. The molecular formula is C20H20N4OS. The van der Waals surface area contributed by atoms with Crippen molar-refractivity contribution >= 4 is 22.9 Å². The number of nitrogens with one attached hydrogen (secondary N) is 1. The van der Waals surface area contributed by atoms with Gasteiger partial charge in [0.25, 0.3) is 5.91 Å². The Morgan fingerprint density at radius 2 is 2.04 bits per heavy atom. The van der Waals surface area contributed by atoms with Gasteiger partial charge in [0, 0.05) is 40.3 Å². The first-order chi connectivity index (χ1) is 12.6. The molecule has 1 saturated carbocycles. The normalized spacial score (nSPS) is 19.4. The lowest BCUT2D eigenvalue weighted by molar-refractivity contribution is 0.0666. The molecular weight excluding hydrogens is 344 g/mol. The zero-order chi connectivity index (χ0) is 17.8. The van der Waals surface area contributed by atoms with E-state index in [2.05, 4.69) is 34.8 Å². The van der Waals surface area contributed by atoms with Crippen LogP contribution < -0.4 is 5.32 Å². The number of hydrogen-bond donors (Lipinski definition) is 1. The van der Waals surface area contributed by atoms with E-state index in [4.69, 9.17) is 0 Å². The lowest BCUT2D eigenvalue weighted by Gasteiger charge is -2.38. The second kappa shape index (κ2) is 5.71. The first kappa shape index (κ1) is 15.6. The van der Waals surface area contributed by atoms with Gasteiger partial charge in [0.05, 0.1) is 5.56 Å². The van der Waals surface area contributed by atoms with Crippen LogP contribution in [0.4, 0.5) is 5.69 Å². The van der Waals surface area contributed by atoms with Crippen molar-refractivity contribution < 1.29 is 4.79 Å². The topological polar surface area (TPSA) is 50.2 Å². The van der Waals surface area contributed by atoms with Crippen LogP contribution in [0.25, 0.3) is 5.13 Å². The number of carbonyl (C=O) groups excluding carboxylic acids is 1. The summed E-state index contributed by atoms with van der Waals surface area (Å²) in [5.74, 6) is 0.130. The van der Waals surface area contributed by atoms with Crippen molar-refractivity contribution in [3.63, 3.8) is 0 Å². The number of benzene rings is 1. The van der Waals surface area contributed by atoms with E-state index in [-0.39, 0.29) is 12.1 Å². The van der Waals surface area contributed by atoms with Crippen LogP contribution in [0.15, 0.2) is 41.9 Å². The van der Waals surface area contributed by atoms with Gasteiger partial charge in [0.15, 0.2) is 5.13 Å². The molecule has 132 valence electrons. The Labute approximate surface area is 156 Å². The third-order valence-corrected chi connectivity index (χ3v) is 6.03. The van der Waals surface area contributed by atoms with Crippen LogP contribution in [0.5, 0.6) is 0 Å². The van der Waals surface area contributed by atoms with Gasteiger partial charge in [-0.3, -0.25) is 9.36 Å². The van der Waals surface area contributed by atoms with E-state index < -0.39 is 0 Å². The zero-order valence-corrected chi connectivity index (χ0v) is 15.6. The Kier molecular flexibility index (Phi) is 3.43. The standard InChI is InChI=1S/C20H20N4OS/c1-12-11-16(13(2)23(12)20-21-9-10-26-20)18-22-17-6-4-3-5-15(17)19(25)24(18)14-7-8-14/h3-6,9-11,14,18,22H,7-8H2,1-2H3/t18-/m0/s1. The Morgan fingerprint density at radius 3 is 2.77 bits per heavy atom. The highest BCUT2D eigenvalue weighted by atomic mass is 32.1. The predicted octanol–water partition coefficient (Wildman–Crippen LogP) is 4.28. The van der Waals surface area contributed by atoms with Gasteiger partial charge in [-0.25, -0.2) is 4.98 Å². The van der Waals surface area contributed by atoms with Crippen molar-refractivity contribution in [1.82, 2.24) is 14.5 Å². The molecule has 0 radical (unpaired) electrons.